The van der Waals surface area contributed by atoms with Gasteiger partial charge in [0.05, 0.1) is 0 Å². The first-order valence-corrected chi connectivity index (χ1v) is 8.15. The molecule has 0 bridgehead atoms. The number of guanidine groups is 2. The Kier molecular flexibility index (Phi) is 5.29. The molecule has 0 fully saturated rings. The van der Waals surface area contributed by atoms with E-state index in [9.17, 15) is 0 Å². The van der Waals surface area contributed by atoms with Crippen molar-refractivity contribution in [3.63, 3.8) is 0 Å². The average Bonchev–Trinajstić information content (AvgIpc) is 2.48. The second-order valence-electron chi connectivity index (χ2n) is 5.54. The van der Waals surface area contributed by atoms with Crippen molar-refractivity contribution in [2.45, 2.75) is 51.6 Å². The van der Waals surface area contributed by atoms with Crippen LogP contribution in [0.25, 0.3) is 0 Å². The number of anilines is 1. The number of unbranched alkanes of at least 4 members (excludes halogenated alkanes) is 2. The van der Waals surface area contributed by atoms with Crippen molar-refractivity contribution in [2.24, 2.45) is 21.5 Å². The smallest absolute Gasteiger partial charge is 0.220 e. The molecular weight excluding hydrogens is 298 g/mol. The molecule has 1 aliphatic rings. The van der Waals surface area contributed by atoms with Crippen LogP contribution in [0, 0.1) is 0 Å². The Balaban J connectivity index is 2.41. The molecule has 4 N–H and O–H groups in total. The Hall–Kier alpha value is -1.75. The molecule has 0 radical (unpaired) electrons. The third kappa shape index (κ3) is 3.35. The molecule has 1 atom stereocenters. The van der Waals surface area contributed by atoms with E-state index < -0.39 is 5.66 Å². The lowest BCUT2D eigenvalue weighted by Crippen LogP contribution is -2.57. The topological polar surface area (TPSA) is 80.0 Å². The van der Waals surface area contributed by atoms with Crippen LogP contribution in [0.15, 0.2) is 34.3 Å². The van der Waals surface area contributed by atoms with Gasteiger partial charge in [-0.25, -0.2) is 4.99 Å². The van der Waals surface area contributed by atoms with Gasteiger partial charge in [-0.3, -0.25) is 4.90 Å². The summed E-state index contributed by atoms with van der Waals surface area (Å²) in [5, 5.41) is 0.687. The second-order valence-corrected chi connectivity index (χ2v) is 5.98. The maximum Gasteiger partial charge on any atom is 0.220 e. The van der Waals surface area contributed by atoms with Crippen LogP contribution in [-0.4, -0.2) is 17.6 Å². The van der Waals surface area contributed by atoms with Crippen LogP contribution in [0.1, 0.15) is 46.0 Å². The zero-order chi connectivity index (χ0) is 16.2. The summed E-state index contributed by atoms with van der Waals surface area (Å²) in [6, 6.07) is 7.56. The summed E-state index contributed by atoms with van der Waals surface area (Å²) in [6.07, 6.45) is 5.07. The Morgan fingerprint density at radius 2 is 1.82 bits per heavy atom. The predicted molar refractivity (Wildman–Crippen MR) is 94.3 cm³/mol. The zero-order valence-corrected chi connectivity index (χ0v) is 14.0. The monoisotopic (exact) mass is 321 g/mol. The fourth-order valence-electron chi connectivity index (χ4n) is 2.87. The maximum absolute atomic E-state index is 6.18. The summed E-state index contributed by atoms with van der Waals surface area (Å²) in [5.41, 5.74) is 12.5. The van der Waals surface area contributed by atoms with Crippen LogP contribution in [0.2, 0.25) is 5.02 Å². The Labute approximate surface area is 137 Å². The predicted octanol–water partition coefficient (Wildman–Crippen LogP) is 3.48. The minimum Gasteiger partial charge on any atom is -0.369 e. The van der Waals surface area contributed by atoms with Gasteiger partial charge in [-0.15, -0.1) is 0 Å². The second kappa shape index (κ2) is 7.01. The molecule has 0 saturated carbocycles. The van der Waals surface area contributed by atoms with Crippen LogP contribution >= 0.6 is 11.6 Å². The number of nitrogens with zero attached hydrogens (tertiary/aromatic N) is 3. The van der Waals surface area contributed by atoms with Gasteiger partial charge in [0, 0.05) is 10.7 Å². The summed E-state index contributed by atoms with van der Waals surface area (Å²) in [6.45, 7) is 4.29. The number of rotatable bonds is 6. The number of halogens is 1. The third-order valence-corrected chi connectivity index (χ3v) is 4.28. The fraction of sp³-hybridized carbons (Fsp3) is 0.500. The van der Waals surface area contributed by atoms with Gasteiger partial charge in [-0.1, -0.05) is 38.3 Å². The lowest BCUT2D eigenvalue weighted by molar-refractivity contribution is 0.375. The van der Waals surface area contributed by atoms with Gasteiger partial charge in [-0.05, 0) is 43.5 Å². The van der Waals surface area contributed by atoms with Gasteiger partial charge in [0.1, 0.15) is 5.66 Å². The molecule has 22 heavy (non-hydrogen) atoms. The number of nitrogens with two attached hydrogens (primary N) is 2. The summed E-state index contributed by atoms with van der Waals surface area (Å²) in [4.78, 5) is 10.8. The van der Waals surface area contributed by atoms with E-state index in [1.165, 1.54) is 0 Å². The molecule has 1 unspecified atom stereocenters. The lowest BCUT2D eigenvalue weighted by atomic mass is 9.96. The third-order valence-electron chi connectivity index (χ3n) is 4.03. The Morgan fingerprint density at radius 1 is 1.14 bits per heavy atom. The van der Waals surface area contributed by atoms with Gasteiger partial charge in [0.2, 0.25) is 11.9 Å². The standard InChI is InChI=1S/C16H24ClN5/c1-3-5-6-11-16(4-2)21-14(18)20-15(19)22(16)13-9-7-12(17)8-10-13/h7-10H,3-6,11H2,1-2H3,(H4,18,19,20,21). The summed E-state index contributed by atoms with van der Waals surface area (Å²) < 4.78 is 0. The van der Waals surface area contributed by atoms with Crippen LogP contribution in [-0.2, 0) is 0 Å². The molecule has 5 nitrogen and oxygen atoms in total. The molecule has 0 aliphatic carbocycles. The highest BCUT2D eigenvalue weighted by molar-refractivity contribution is 6.30. The van der Waals surface area contributed by atoms with Crippen LogP contribution in [0.3, 0.4) is 0 Å². The van der Waals surface area contributed by atoms with Crippen molar-refractivity contribution in [2.75, 3.05) is 4.90 Å². The Bertz CT molecular complexity index is 566. The molecule has 1 aromatic carbocycles. The van der Waals surface area contributed by atoms with Gasteiger partial charge in [-0.2, -0.15) is 4.99 Å². The van der Waals surface area contributed by atoms with Crippen molar-refractivity contribution in [3.05, 3.63) is 29.3 Å². The highest BCUT2D eigenvalue weighted by Crippen LogP contribution is 2.35. The molecule has 1 heterocycles. The molecule has 0 saturated heterocycles. The first-order valence-electron chi connectivity index (χ1n) is 7.77. The molecule has 120 valence electrons. The minimum atomic E-state index is -0.473. The van der Waals surface area contributed by atoms with E-state index in [0.29, 0.717) is 11.0 Å². The normalized spacial score (nSPS) is 21.5. The van der Waals surface area contributed by atoms with Gasteiger partial charge in [0.25, 0.3) is 0 Å². The molecule has 0 spiro atoms. The lowest BCUT2D eigenvalue weighted by Gasteiger charge is -2.43. The van der Waals surface area contributed by atoms with Crippen molar-refractivity contribution < 1.29 is 0 Å². The number of hydrogen-bond acceptors (Lipinski definition) is 5. The highest BCUT2D eigenvalue weighted by atomic mass is 35.5. The van der Waals surface area contributed by atoms with E-state index in [2.05, 4.69) is 23.8 Å². The zero-order valence-electron chi connectivity index (χ0n) is 13.2. The average molecular weight is 322 g/mol. The van der Waals surface area contributed by atoms with E-state index in [1.807, 2.05) is 29.2 Å². The molecule has 6 heteroatoms. The minimum absolute atomic E-state index is 0.251. The molecule has 1 aliphatic heterocycles. The SMILES string of the molecule is CCCCCC1(CC)N=C(N)N=C(N)N1c1ccc(Cl)cc1. The number of aliphatic imine (C=N–C) groups is 2. The van der Waals surface area contributed by atoms with E-state index in [0.717, 1.165) is 37.8 Å². The Morgan fingerprint density at radius 3 is 2.41 bits per heavy atom. The van der Waals surface area contributed by atoms with E-state index in [4.69, 9.17) is 23.1 Å². The van der Waals surface area contributed by atoms with Crippen LogP contribution in [0.5, 0.6) is 0 Å². The van der Waals surface area contributed by atoms with E-state index in [-0.39, 0.29) is 5.96 Å². The van der Waals surface area contributed by atoms with Crippen molar-refractivity contribution in [1.29, 1.82) is 0 Å². The van der Waals surface area contributed by atoms with Crippen molar-refractivity contribution >= 4 is 29.2 Å². The fourth-order valence-corrected chi connectivity index (χ4v) is 3.00. The largest absolute Gasteiger partial charge is 0.369 e. The van der Waals surface area contributed by atoms with E-state index in [1.54, 1.807) is 0 Å². The van der Waals surface area contributed by atoms with Crippen molar-refractivity contribution in [3.8, 4) is 0 Å². The van der Waals surface area contributed by atoms with Crippen LogP contribution < -0.4 is 16.4 Å². The molecular formula is C16H24ClN5. The number of benzene rings is 1. The van der Waals surface area contributed by atoms with Gasteiger partial charge in [0.15, 0.2) is 0 Å². The van der Waals surface area contributed by atoms with Gasteiger partial charge >= 0.3 is 0 Å². The summed E-state index contributed by atoms with van der Waals surface area (Å²) in [7, 11) is 0. The quantitative estimate of drug-likeness (QED) is 0.787. The molecule has 1 aromatic rings. The number of hydrogen-bond donors (Lipinski definition) is 2. The summed E-state index contributed by atoms with van der Waals surface area (Å²) >= 11 is 5.99. The van der Waals surface area contributed by atoms with E-state index >= 15 is 0 Å². The first-order chi connectivity index (χ1) is 10.5. The molecule has 0 amide bonds. The molecule has 2 rings (SSSR count). The van der Waals surface area contributed by atoms with Crippen LogP contribution in [0.4, 0.5) is 5.69 Å². The van der Waals surface area contributed by atoms with Crippen molar-refractivity contribution in [1.82, 2.24) is 0 Å². The molecule has 0 aromatic heterocycles. The van der Waals surface area contributed by atoms with Gasteiger partial charge < -0.3 is 11.5 Å². The first kappa shape index (κ1) is 16.6. The maximum atomic E-state index is 6.18. The summed E-state index contributed by atoms with van der Waals surface area (Å²) in [5.74, 6) is 0.634. The highest BCUT2D eigenvalue weighted by Gasteiger charge is 2.39.